The van der Waals surface area contributed by atoms with Gasteiger partial charge in [0, 0.05) is 56.9 Å². The van der Waals surface area contributed by atoms with Gasteiger partial charge in [-0.2, -0.15) is 10.2 Å². The first-order valence-electron chi connectivity index (χ1n) is 10.9. The van der Waals surface area contributed by atoms with Crippen LogP contribution in [0.4, 0.5) is 0 Å². The van der Waals surface area contributed by atoms with E-state index in [-0.39, 0.29) is 17.9 Å². The average Bonchev–Trinajstić information content (AvgIpc) is 3.30. The number of nitrogens with zero attached hydrogens (tertiary/aromatic N) is 4. The van der Waals surface area contributed by atoms with E-state index in [4.69, 9.17) is 14.6 Å². The predicted molar refractivity (Wildman–Crippen MR) is 115 cm³/mol. The van der Waals surface area contributed by atoms with Crippen molar-refractivity contribution in [2.75, 3.05) is 26.4 Å². The molecule has 0 spiro atoms. The van der Waals surface area contributed by atoms with E-state index in [0.29, 0.717) is 44.0 Å². The topological polar surface area (TPSA) is 100 Å². The lowest BCUT2D eigenvalue weighted by atomic mass is 9.86. The van der Waals surface area contributed by atoms with Gasteiger partial charge in [0.25, 0.3) is 5.91 Å². The normalized spacial score (nSPS) is 15.7. The number of rotatable bonds is 6. The molecule has 0 saturated carbocycles. The first-order chi connectivity index (χ1) is 14.8. The van der Waals surface area contributed by atoms with Crippen molar-refractivity contribution in [3.05, 3.63) is 34.9 Å². The van der Waals surface area contributed by atoms with E-state index in [1.165, 1.54) is 6.20 Å². The summed E-state index contributed by atoms with van der Waals surface area (Å²) in [6.07, 6.45) is 6.08. The highest BCUT2D eigenvalue weighted by Crippen LogP contribution is 2.27. The molecule has 0 unspecified atom stereocenters. The summed E-state index contributed by atoms with van der Waals surface area (Å²) in [7, 11) is 1.76. The van der Waals surface area contributed by atoms with Crippen molar-refractivity contribution in [1.29, 1.82) is 0 Å². The maximum absolute atomic E-state index is 12.9. The summed E-state index contributed by atoms with van der Waals surface area (Å²) in [6.45, 7) is 8.81. The fourth-order valence-corrected chi connectivity index (χ4v) is 3.72. The number of amides is 1. The molecule has 0 radical (unpaired) electrons. The van der Waals surface area contributed by atoms with Crippen molar-refractivity contribution in [3.63, 3.8) is 0 Å². The lowest BCUT2D eigenvalue weighted by Crippen LogP contribution is -2.28. The van der Waals surface area contributed by atoms with Gasteiger partial charge < -0.3 is 14.8 Å². The first-order valence-corrected chi connectivity index (χ1v) is 10.9. The lowest BCUT2D eigenvalue weighted by Gasteiger charge is -2.23. The van der Waals surface area contributed by atoms with Crippen molar-refractivity contribution in [2.45, 2.75) is 53.0 Å². The molecule has 0 atom stereocenters. The van der Waals surface area contributed by atoms with Crippen LogP contribution >= 0.6 is 0 Å². The Morgan fingerprint density at radius 2 is 2.10 bits per heavy atom. The van der Waals surface area contributed by atoms with Crippen molar-refractivity contribution in [3.8, 4) is 0 Å². The third kappa shape index (κ3) is 5.94. The van der Waals surface area contributed by atoms with Gasteiger partial charge in [-0.3, -0.25) is 14.2 Å². The molecule has 9 nitrogen and oxygen atoms in total. The number of carbonyl (C=O) groups excluding carboxylic acids is 2. The largest absolute Gasteiger partial charge is 0.461 e. The van der Waals surface area contributed by atoms with Crippen LogP contribution in [0.5, 0.6) is 0 Å². The Morgan fingerprint density at radius 1 is 1.32 bits per heavy atom. The van der Waals surface area contributed by atoms with Crippen molar-refractivity contribution in [1.82, 2.24) is 24.9 Å². The molecule has 1 N–H and O–H groups in total. The van der Waals surface area contributed by atoms with E-state index in [1.54, 1.807) is 22.6 Å². The van der Waals surface area contributed by atoms with E-state index < -0.39 is 5.97 Å². The highest BCUT2D eigenvalue weighted by atomic mass is 16.5. The molecule has 1 aliphatic heterocycles. The zero-order valence-electron chi connectivity index (χ0n) is 18.9. The Kier molecular flexibility index (Phi) is 7.48. The molecule has 0 aromatic carbocycles. The molecule has 1 amide bonds. The standard InChI is InChI=1S/C22H33N5O4/c1-5-27-19-17(8-6-10-30-11-7-9-23-20(19)28)18(25-27)12-22(2,3)15-31-21(29)16-13-24-26(4)14-16/h13-14H,5-12,15H2,1-4H3,(H,23,28). The molecular weight excluding hydrogens is 398 g/mol. The number of carbonyl (C=O) groups is 2. The van der Waals surface area contributed by atoms with Gasteiger partial charge in [-0.05, 0) is 26.2 Å². The number of aromatic nitrogens is 4. The first kappa shape index (κ1) is 23.0. The average molecular weight is 432 g/mol. The number of nitrogens with one attached hydrogen (secondary N) is 1. The number of esters is 1. The van der Waals surface area contributed by atoms with Gasteiger partial charge in [0.05, 0.1) is 24.1 Å². The Morgan fingerprint density at radius 3 is 2.81 bits per heavy atom. The molecular formula is C22H33N5O4. The zero-order chi connectivity index (χ0) is 22.4. The van der Waals surface area contributed by atoms with Gasteiger partial charge in [-0.15, -0.1) is 0 Å². The minimum atomic E-state index is -0.393. The monoisotopic (exact) mass is 431 g/mol. The Labute approximate surface area is 183 Å². The number of hydrogen-bond acceptors (Lipinski definition) is 6. The summed E-state index contributed by atoms with van der Waals surface area (Å²) in [6, 6.07) is 0. The molecule has 170 valence electrons. The van der Waals surface area contributed by atoms with Crippen LogP contribution in [-0.4, -0.2) is 57.8 Å². The molecule has 2 aromatic heterocycles. The van der Waals surface area contributed by atoms with Gasteiger partial charge in [-0.25, -0.2) is 4.79 Å². The Bertz CT molecular complexity index is 915. The Hall–Kier alpha value is -2.68. The van der Waals surface area contributed by atoms with Gasteiger partial charge in [0.2, 0.25) is 0 Å². The molecule has 3 rings (SSSR count). The fraction of sp³-hybridized carbons (Fsp3) is 0.636. The summed E-state index contributed by atoms with van der Waals surface area (Å²) in [5.41, 5.74) is 2.57. The molecule has 9 heteroatoms. The van der Waals surface area contributed by atoms with Crippen LogP contribution in [0.1, 0.15) is 65.7 Å². The minimum Gasteiger partial charge on any atom is -0.461 e. The summed E-state index contributed by atoms with van der Waals surface area (Å²) in [4.78, 5) is 25.2. The van der Waals surface area contributed by atoms with E-state index in [1.807, 2.05) is 20.8 Å². The molecule has 2 aromatic rings. The van der Waals surface area contributed by atoms with Gasteiger partial charge in [0.1, 0.15) is 5.69 Å². The van der Waals surface area contributed by atoms with Gasteiger partial charge in [-0.1, -0.05) is 13.8 Å². The smallest absolute Gasteiger partial charge is 0.341 e. The van der Waals surface area contributed by atoms with Crippen LogP contribution in [-0.2, 0) is 35.9 Å². The summed E-state index contributed by atoms with van der Waals surface area (Å²) < 4.78 is 14.6. The van der Waals surface area contributed by atoms with E-state index in [9.17, 15) is 9.59 Å². The summed E-state index contributed by atoms with van der Waals surface area (Å²) in [5.74, 6) is -0.477. The predicted octanol–water partition coefficient (Wildman–Crippen LogP) is 2.14. The second-order valence-electron chi connectivity index (χ2n) is 8.73. The molecule has 0 saturated heterocycles. The molecule has 0 bridgehead atoms. The van der Waals surface area contributed by atoms with Crippen LogP contribution in [0.3, 0.4) is 0 Å². The second kappa shape index (κ2) is 10.1. The summed E-state index contributed by atoms with van der Waals surface area (Å²) >= 11 is 0. The maximum atomic E-state index is 12.9. The molecule has 0 aliphatic carbocycles. The number of fused-ring (bicyclic) bond motifs is 1. The maximum Gasteiger partial charge on any atom is 0.341 e. The van der Waals surface area contributed by atoms with E-state index >= 15 is 0 Å². The highest BCUT2D eigenvalue weighted by Gasteiger charge is 2.29. The Balaban J connectivity index is 1.77. The van der Waals surface area contributed by atoms with Gasteiger partial charge in [0.15, 0.2) is 0 Å². The third-order valence-electron chi connectivity index (χ3n) is 5.30. The fourth-order valence-electron chi connectivity index (χ4n) is 3.72. The zero-order valence-corrected chi connectivity index (χ0v) is 18.9. The third-order valence-corrected chi connectivity index (χ3v) is 5.30. The van der Waals surface area contributed by atoms with Gasteiger partial charge >= 0.3 is 5.97 Å². The highest BCUT2D eigenvalue weighted by molar-refractivity contribution is 5.94. The van der Waals surface area contributed by atoms with Crippen LogP contribution in [0.25, 0.3) is 0 Å². The minimum absolute atomic E-state index is 0.0849. The molecule has 31 heavy (non-hydrogen) atoms. The SMILES string of the molecule is CCn1nc(CC(C)(C)COC(=O)c2cnn(C)c2)c2c1C(=O)NCCCOCCC2. The van der Waals surface area contributed by atoms with Crippen molar-refractivity contribution in [2.24, 2.45) is 12.5 Å². The van der Waals surface area contributed by atoms with Crippen molar-refractivity contribution >= 4 is 11.9 Å². The van der Waals surface area contributed by atoms with E-state index in [2.05, 4.69) is 10.4 Å². The van der Waals surface area contributed by atoms with E-state index in [0.717, 1.165) is 30.5 Å². The molecule has 3 heterocycles. The van der Waals surface area contributed by atoms with Crippen molar-refractivity contribution < 1.29 is 19.1 Å². The second-order valence-corrected chi connectivity index (χ2v) is 8.73. The lowest BCUT2D eigenvalue weighted by molar-refractivity contribution is 0.0339. The van der Waals surface area contributed by atoms with Crippen LogP contribution in [0, 0.1) is 5.41 Å². The number of aryl methyl sites for hydroxylation is 2. The number of ether oxygens (including phenoxy) is 2. The molecule has 0 fully saturated rings. The van der Waals surface area contributed by atoms with Crippen LogP contribution in [0.2, 0.25) is 0 Å². The van der Waals surface area contributed by atoms with Crippen LogP contribution < -0.4 is 5.32 Å². The molecule has 1 aliphatic rings. The van der Waals surface area contributed by atoms with Crippen LogP contribution in [0.15, 0.2) is 12.4 Å². The number of hydrogen-bond donors (Lipinski definition) is 1. The summed E-state index contributed by atoms with van der Waals surface area (Å²) in [5, 5.41) is 11.8. The quantitative estimate of drug-likeness (QED) is 0.704.